The number of ether oxygens (including phenoxy) is 1. The fourth-order valence-corrected chi connectivity index (χ4v) is 2.75. The zero-order chi connectivity index (χ0) is 17.7. The molecule has 2 rings (SSSR count). The Balaban J connectivity index is 1.80. The highest BCUT2D eigenvalue weighted by Crippen LogP contribution is 2.24. The van der Waals surface area contributed by atoms with E-state index in [0.717, 1.165) is 0 Å². The van der Waals surface area contributed by atoms with Crippen molar-refractivity contribution < 1.29 is 14.3 Å². The number of carbonyl (C=O) groups excluding carboxylic acids is 2. The molecule has 2 amide bonds. The van der Waals surface area contributed by atoms with Gasteiger partial charge >= 0.3 is 0 Å². The SMILES string of the molecule is CC1CN(C(=O)CN(C)CC(=O)Nc2ccc(Cl)c(Cl)c2)CCO1. The number of hydrogen-bond acceptors (Lipinski definition) is 4. The van der Waals surface area contributed by atoms with Gasteiger partial charge in [0.25, 0.3) is 0 Å². The molecule has 1 fully saturated rings. The van der Waals surface area contributed by atoms with Gasteiger partial charge < -0.3 is 15.0 Å². The third-order valence-corrected chi connectivity index (χ3v) is 4.35. The number of halogens is 2. The summed E-state index contributed by atoms with van der Waals surface area (Å²) in [6, 6.07) is 4.88. The van der Waals surface area contributed by atoms with Crippen molar-refractivity contribution in [1.82, 2.24) is 9.80 Å². The van der Waals surface area contributed by atoms with Gasteiger partial charge in [-0.15, -0.1) is 0 Å². The molecule has 8 heteroatoms. The molecule has 1 unspecified atom stereocenters. The molecule has 1 aliphatic rings. The van der Waals surface area contributed by atoms with Gasteiger partial charge in [0, 0.05) is 18.8 Å². The van der Waals surface area contributed by atoms with E-state index in [9.17, 15) is 9.59 Å². The maximum Gasteiger partial charge on any atom is 0.238 e. The van der Waals surface area contributed by atoms with Gasteiger partial charge in [-0.1, -0.05) is 23.2 Å². The van der Waals surface area contributed by atoms with E-state index in [2.05, 4.69) is 5.32 Å². The van der Waals surface area contributed by atoms with Crippen LogP contribution in [0.3, 0.4) is 0 Å². The third-order valence-electron chi connectivity index (χ3n) is 3.62. The van der Waals surface area contributed by atoms with Gasteiger partial charge in [0.1, 0.15) is 0 Å². The van der Waals surface area contributed by atoms with Crippen molar-refractivity contribution in [3.63, 3.8) is 0 Å². The van der Waals surface area contributed by atoms with Crippen LogP contribution in [0.25, 0.3) is 0 Å². The Hall–Kier alpha value is -1.34. The average Bonchev–Trinajstić information content (AvgIpc) is 2.50. The van der Waals surface area contributed by atoms with Gasteiger partial charge in [0.2, 0.25) is 11.8 Å². The van der Waals surface area contributed by atoms with E-state index in [-0.39, 0.29) is 31.0 Å². The molecular weight excluding hydrogens is 353 g/mol. The van der Waals surface area contributed by atoms with Crippen molar-refractivity contribution in [3.8, 4) is 0 Å². The molecule has 1 aromatic rings. The zero-order valence-corrected chi connectivity index (χ0v) is 15.2. The number of likely N-dealkylation sites (N-methyl/N-ethyl adjacent to an activating group) is 1. The first-order valence-corrected chi connectivity index (χ1v) is 8.43. The van der Waals surface area contributed by atoms with E-state index in [0.29, 0.717) is 35.4 Å². The van der Waals surface area contributed by atoms with Gasteiger partial charge in [-0.2, -0.15) is 0 Å². The number of morpholine rings is 1. The molecule has 1 heterocycles. The Morgan fingerprint density at radius 3 is 2.75 bits per heavy atom. The summed E-state index contributed by atoms with van der Waals surface area (Å²) < 4.78 is 5.42. The molecule has 24 heavy (non-hydrogen) atoms. The van der Waals surface area contributed by atoms with Crippen molar-refractivity contribution in [3.05, 3.63) is 28.2 Å². The van der Waals surface area contributed by atoms with Gasteiger partial charge in [0.05, 0.1) is 35.8 Å². The zero-order valence-electron chi connectivity index (χ0n) is 13.7. The summed E-state index contributed by atoms with van der Waals surface area (Å²) in [5.41, 5.74) is 0.566. The van der Waals surface area contributed by atoms with E-state index >= 15 is 0 Å². The van der Waals surface area contributed by atoms with E-state index < -0.39 is 0 Å². The Morgan fingerprint density at radius 2 is 2.08 bits per heavy atom. The highest BCUT2D eigenvalue weighted by Gasteiger charge is 2.22. The van der Waals surface area contributed by atoms with Crippen LogP contribution in [0.2, 0.25) is 10.0 Å². The van der Waals surface area contributed by atoms with Gasteiger partial charge in [-0.25, -0.2) is 0 Å². The van der Waals surface area contributed by atoms with Gasteiger partial charge in [-0.05, 0) is 32.2 Å². The summed E-state index contributed by atoms with van der Waals surface area (Å²) in [5, 5.41) is 3.53. The topological polar surface area (TPSA) is 61.9 Å². The quantitative estimate of drug-likeness (QED) is 0.858. The number of amides is 2. The number of nitrogens with zero attached hydrogens (tertiary/aromatic N) is 2. The lowest BCUT2D eigenvalue weighted by Gasteiger charge is -2.32. The molecule has 0 aliphatic carbocycles. The lowest BCUT2D eigenvalue weighted by atomic mass is 10.3. The molecule has 0 radical (unpaired) electrons. The van der Waals surface area contributed by atoms with E-state index in [1.165, 1.54) is 0 Å². The summed E-state index contributed by atoms with van der Waals surface area (Å²) in [7, 11) is 1.73. The lowest BCUT2D eigenvalue weighted by Crippen LogP contribution is -2.48. The molecule has 132 valence electrons. The van der Waals surface area contributed by atoms with Crippen LogP contribution in [0.5, 0.6) is 0 Å². The van der Waals surface area contributed by atoms with Crippen LogP contribution in [-0.2, 0) is 14.3 Å². The van der Waals surface area contributed by atoms with Crippen LogP contribution < -0.4 is 5.32 Å². The molecule has 0 saturated carbocycles. The predicted octanol–water partition coefficient (Wildman–Crippen LogP) is 2.11. The van der Waals surface area contributed by atoms with Crippen molar-refractivity contribution in [1.29, 1.82) is 0 Å². The maximum absolute atomic E-state index is 12.2. The molecule has 0 aromatic heterocycles. The van der Waals surface area contributed by atoms with Crippen LogP contribution in [0, 0.1) is 0 Å². The largest absolute Gasteiger partial charge is 0.375 e. The molecule has 1 aromatic carbocycles. The minimum absolute atomic E-state index is 0.00464. The Bertz CT molecular complexity index is 612. The Labute approximate surface area is 151 Å². The number of benzene rings is 1. The standard InChI is InChI=1S/C16H21Cl2N3O3/c1-11-8-21(5-6-24-11)16(23)10-20(2)9-15(22)19-12-3-4-13(17)14(18)7-12/h3-4,7,11H,5-6,8-10H2,1-2H3,(H,19,22). The molecular formula is C16H21Cl2N3O3. The predicted molar refractivity (Wildman–Crippen MR) is 94.6 cm³/mol. The molecule has 1 aliphatic heterocycles. The summed E-state index contributed by atoms with van der Waals surface area (Å²) in [6.07, 6.45) is 0.0472. The lowest BCUT2D eigenvalue weighted by molar-refractivity contribution is -0.139. The second kappa shape index (κ2) is 8.67. The summed E-state index contributed by atoms with van der Waals surface area (Å²) in [5.74, 6) is -0.228. The molecule has 0 bridgehead atoms. The summed E-state index contributed by atoms with van der Waals surface area (Å²) in [6.45, 7) is 3.95. The number of anilines is 1. The summed E-state index contributed by atoms with van der Waals surface area (Å²) in [4.78, 5) is 27.7. The average molecular weight is 374 g/mol. The smallest absolute Gasteiger partial charge is 0.238 e. The molecule has 1 N–H and O–H groups in total. The minimum Gasteiger partial charge on any atom is -0.375 e. The third kappa shape index (κ3) is 5.63. The van der Waals surface area contributed by atoms with Crippen LogP contribution in [0.1, 0.15) is 6.92 Å². The number of nitrogens with one attached hydrogen (secondary N) is 1. The van der Waals surface area contributed by atoms with Crippen molar-refractivity contribution in [2.24, 2.45) is 0 Å². The highest BCUT2D eigenvalue weighted by atomic mass is 35.5. The number of hydrogen-bond donors (Lipinski definition) is 1. The normalized spacial score (nSPS) is 17.9. The number of carbonyl (C=O) groups is 2. The first kappa shape index (κ1) is 19.0. The maximum atomic E-state index is 12.2. The highest BCUT2D eigenvalue weighted by molar-refractivity contribution is 6.42. The van der Waals surface area contributed by atoms with Gasteiger partial charge in [0.15, 0.2) is 0 Å². The molecule has 1 atom stereocenters. The fourth-order valence-electron chi connectivity index (χ4n) is 2.45. The minimum atomic E-state index is -0.223. The van der Waals surface area contributed by atoms with Crippen molar-refractivity contribution in [2.75, 3.05) is 45.2 Å². The van der Waals surface area contributed by atoms with Crippen LogP contribution in [-0.4, -0.2) is 67.6 Å². The molecule has 1 saturated heterocycles. The van der Waals surface area contributed by atoms with E-state index in [1.54, 1.807) is 35.0 Å². The molecule has 0 spiro atoms. The van der Waals surface area contributed by atoms with E-state index in [4.69, 9.17) is 27.9 Å². The van der Waals surface area contributed by atoms with Crippen LogP contribution in [0.4, 0.5) is 5.69 Å². The number of rotatable bonds is 5. The second-order valence-electron chi connectivity index (χ2n) is 5.87. The molecule has 6 nitrogen and oxygen atoms in total. The first-order chi connectivity index (χ1) is 11.3. The van der Waals surface area contributed by atoms with E-state index in [1.807, 2.05) is 6.92 Å². The second-order valence-corrected chi connectivity index (χ2v) is 6.68. The Kier molecular flexibility index (Phi) is 6.86. The summed E-state index contributed by atoms with van der Waals surface area (Å²) >= 11 is 11.8. The van der Waals surface area contributed by atoms with Crippen LogP contribution >= 0.6 is 23.2 Å². The monoisotopic (exact) mass is 373 g/mol. The van der Waals surface area contributed by atoms with Crippen molar-refractivity contribution in [2.45, 2.75) is 13.0 Å². The Morgan fingerprint density at radius 1 is 1.33 bits per heavy atom. The van der Waals surface area contributed by atoms with Crippen LogP contribution in [0.15, 0.2) is 18.2 Å². The van der Waals surface area contributed by atoms with Crippen molar-refractivity contribution >= 4 is 40.7 Å². The fraction of sp³-hybridized carbons (Fsp3) is 0.500. The van der Waals surface area contributed by atoms with Gasteiger partial charge in [-0.3, -0.25) is 14.5 Å². The first-order valence-electron chi connectivity index (χ1n) is 7.68.